The summed E-state index contributed by atoms with van der Waals surface area (Å²) in [6.07, 6.45) is 2.13. The molecule has 1 aromatic carbocycles. The van der Waals surface area contributed by atoms with Gasteiger partial charge in [0.1, 0.15) is 6.07 Å². The molecule has 19 heavy (non-hydrogen) atoms. The summed E-state index contributed by atoms with van der Waals surface area (Å²) >= 11 is 0. The topological polar surface area (TPSA) is 93.4 Å². The minimum absolute atomic E-state index is 0.235. The van der Waals surface area contributed by atoms with Crippen molar-refractivity contribution in [3.05, 3.63) is 23.8 Å². The number of nitrogens with one attached hydrogen (secondary N) is 1. The van der Waals surface area contributed by atoms with Gasteiger partial charge in [0.2, 0.25) is 0 Å². The first kappa shape index (κ1) is 12.9. The summed E-state index contributed by atoms with van der Waals surface area (Å²) in [6, 6.07) is 7.07. The van der Waals surface area contributed by atoms with Gasteiger partial charge in [0.25, 0.3) is 0 Å². The molecule has 0 aliphatic carbocycles. The third-order valence-corrected chi connectivity index (χ3v) is 3.04. The first-order chi connectivity index (χ1) is 9.13. The van der Waals surface area contributed by atoms with E-state index in [1.54, 1.807) is 12.1 Å². The summed E-state index contributed by atoms with van der Waals surface area (Å²) in [5, 5.41) is 20.1. The van der Waals surface area contributed by atoms with Gasteiger partial charge >= 0.3 is 11.9 Å². The zero-order valence-corrected chi connectivity index (χ0v) is 10.2. The molecule has 2 N–H and O–H groups in total. The van der Waals surface area contributed by atoms with Gasteiger partial charge in [-0.25, -0.2) is 4.79 Å². The average molecular weight is 259 g/mol. The van der Waals surface area contributed by atoms with Crippen molar-refractivity contribution < 1.29 is 14.7 Å². The van der Waals surface area contributed by atoms with E-state index in [1.807, 2.05) is 6.07 Å². The quantitative estimate of drug-likeness (QED) is 0.778. The summed E-state index contributed by atoms with van der Waals surface area (Å²) in [7, 11) is 0. The van der Waals surface area contributed by atoms with Crippen molar-refractivity contribution in [2.24, 2.45) is 0 Å². The predicted octanol–water partition coefficient (Wildman–Crippen LogP) is 1.18. The van der Waals surface area contributed by atoms with Crippen molar-refractivity contribution in [2.75, 3.05) is 23.3 Å². The van der Waals surface area contributed by atoms with Crippen LogP contribution in [0.1, 0.15) is 18.4 Å². The first-order valence-corrected chi connectivity index (χ1v) is 5.96. The molecule has 0 spiro atoms. The molecule has 6 nitrogen and oxygen atoms in total. The second-order valence-electron chi connectivity index (χ2n) is 4.26. The number of nitrogens with zero attached hydrogens (tertiary/aromatic N) is 2. The van der Waals surface area contributed by atoms with Crippen LogP contribution >= 0.6 is 0 Å². The molecule has 0 aromatic heterocycles. The summed E-state index contributed by atoms with van der Waals surface area (Å²) in [4.78, 5) is 23.8. The highest BCUT2D eigenvalue weighted by Crippen LogP contribution is 2.29. The van der Waals surface area contributed by atoms with Gasteiger partial charge in [-0.15, -0.1) is 0 Å². The zero-order chi connectivity index (χ0) is 13.8. The van der Waals surface area contributed by atoms with Crippen LogP contribution in [0.5, 0.6) is 0 Å². The molecular formula is C13H13N3O3. The molecule has 0 bridgehead atoms. The van der Waals surface area contributed by atoms with Crippen molar-refractivity contribution in [3.8, 4) is 6.07 Å². The highest BCUT2D eigenvalue weighted by molar-refractivity contribution is 6.36. The Morgan fingerprint density at radius 1 is 1.32 bits per heavy atom. The van der Waals surface area contributed by atoms with Gasteiger partial charge in [-0.05, 0) is 25.0 Å². The van der Waals surface area contributed by atoms with Crippen molar-refractivity contribution in [2.45, 2.75) is 12.8 Å². The fourth-order valence-corrected chi connectivity index (χ4v) is 2.16. The maximum absolute atomic E-state index is 11.2. The third-order valence-electron chi connectivity index (χ3n) is 3.04. The number of carbonyl (C=O) groups is 2. The maximum atomic E-state index is 11.2. The van der Waals surface area contributed by atoms with Crippen molar-refractivity contribution >= 4 is 23.3 Å². The third kappa shape index (κ3) is 2.65. The normalized spacial score (nSPS) is 13.9. The number of carboxylic acid groups (broad SMARTS) is 1. The molecular weight excluding hydrogens is 246 g/mol. The number of amides is 1. The van der Waals surface area contributed by atoms with Crippen molar-refractivity contribution in [3.63, 3.8) is 0 Å². The Balaban J connectivity index is 2.34. The molecule has 1 fully saturated rings. The van der Waals surface area contributed by atoms with Crippen LogP contribution in [0.3, 0.4) is 0 Å². The Labute approximate surface area is 110 Å². The van der Waals surface area contributed by atoms with Gasteiger partial charge in [-0.1, -0.05) is 6.07 Å². The van der Waals surface area contributed by atoms with Gasteiger partial charge in [-0.3, -0.25) is 4.79 Å². The fourth-order valence-electron chi connectivity index (χ4n) is 2.16. The second-order valence-corrected chi connectivity index (χ2v) is 4.26. The van der Waals surface area contributed by atoms with Crippen LogP contribution in [0.25, 0.3) is 0 Å². The Morgan fingerprint density at radius 3 is 2.58 bits per heavy atom. The number of carbonyl (C=O) groups excluding carboxylic acids is 1. The van der Waals surface area contributed by atoms with Crippen molar-refractivity contribution in [1.82, 2.24) is 0 Å². The van der Waals surface area contributed by atoms with E-state index in [4.69, 9.17) is 5.11 Å². The SMILES string of the molecule is N#Cc1c(NC(=O)C(=O)O)cccc1N1CCCC1. The number of aliphatic carboxylic acids is 1. The smallest absolute Gasteiger partial charge is 0.394 e. The lowest BCUT2D eigenvalue weighted by atomic mass is 10.1. The summed E-state index contributed by atoms with van der Waals surface area (Å²) in [5.41, 5.74) is 1.28. The highest BCUT2D eigenvalue weighted by Gasteiger charge is 2.20. The van der Waals surface area contributed by atoms with Crippen LogP contribution in [0.4, 0.5) is 11.4 Å². The standard InChI is InChI=1S/C13H13N3O3/c14-8-9-10(15-12(17)13(18)19)4-3-5-11(9)16-6-1-2-7-16/h3-5H,1-2,6-7H2,(H,15,17)(H,18,19). The van der Waals surface area contributed by atoms with E-state index in [0.717, 1.165) is 31.6 Å². The van der Waals surface area contributed by atoms with Crippen LogP contribution in [0.2, 0.25) is 0 Å². The molecule has 0 unspecified atom stereocenters. The molecule has 1 saturated heterocycles. The number of rotatable bonds is 2. The van der Waals surface area contributed by atoms with E-state index in [9.17, 15) is 14.9 Å². The molecule has 1 heterocycles. The van der Waals surface area contributed by atoms with E-state index < -0.39 is 11.9 Å². The Hall–Kier alpha value is -2.55. The van der Waals surface area contributed by atoms with Gasteiger partial charge < -0.3 is 15.3 Å². The van der Waals surface area contributed by atoms with Crippen LogP contribution < -0.4 is 10.2 Å². The number of hydrogen-bond donors (Lipinski definition) is 2. The van der Waals surface area contributed by atoms with Gasteiger partial charge in [0, 0.05) is 13.1 Å². The van der Waals surface area contributed by atoms with Gasteiger partial charge in [-0.2, -0.15) is 5.26 Å². The number of hydrogen-bond acceptors (Lipinski definition) is 4. The lowest BCUT2D eigenvalue weighted by Gasteiger charge is -2.20. The molecule has 1 aliphatic rings. The van der Waals surface area contributed by atoms with Crippen molar-refractivity contribution in [1.29, 1.82) is 5.26 Å². The zero-order valence-electron chi connectivity index (χ0n) is 10.2. The second kappa shape index (κ2) is 5.40. The number of anilines is 2. The number of nitriles is 1. The molecule has 6 heteroatoms. The Kier molecular flexibility index (Phi) is 3.66. The predicted molar refractivity (Wildman–Crippen MR) is 68.9 cm³/mol. The molecule has 98 valence electrons. The van der Waals surface area contributed by atoms with Crippen LogP contribution in [0.15, 0.2) is 18.2 Å². The van der Waals surface area contributed by atoms with E-state index in [0.29, 0.717) is 5.56 Å². The van der Waals surface area contributed by atoms with Gasteiger partial charge in [0.05, 0.1) is 16.9 Å². The maximum Gasteiger partial charge on any atom is 0.394 e. The number of benzene rings is 1. The average Bonchev–Trinajstić information content (AvgIpc) is 2.92. The molecule has 0 saturated carbocycles. The van der Waals surface area contributed by atoms with E-state index in [2.05, 4.69) is 10.2 Å². The largest absolute Gasteiger partial charge is 0.474 e. The lowest BCUT2D eigenvalue weighted by molar-refractivity contribution is -0.147. The lowest BCUT2D eigenvalue weighted by Crippen LogP contribution is -2.24. The van der Waals surface area contributed by atoms with E-state index in [1.165, 1.54) is 6.07 Å². The molecule has 0 radical (unpaired) electrons. The first-order valence-electron chi connectivity index (χ1n) is 5.96. The molecule has 1 amide bonds. The highest BCUT2D eigenvalue weighted by atomic mass is 16.4. The monoisotopic (exact) mass is 259 g/mol. The molecule has 1 aromatic rings. The van der Waals surface area contributed by atoms with Crippen LogP contribution in [0, 0.1) is 11.3 Å². The van der Waals surface area contributed by atoms with Gasteiger partial charge in [0.15, 0.2) is 0 Å². The molecule has 2 rings (SSSR count). The number of carboxylic acids is 1. The Morgan fingerprint density at radius 2 is 2.00 bits per heavy atom. The van der Waals surface area contributed by atoms with Crippen LogP contribution in [-0.2, 0) is 9.59 Å². The summed E-state index contributed by atoms with van der Waals surface area (Å²) < 4.78 is 0. The Bertz CT molecular complexity index is 557. The minimum Gasteiger partial charge on any atom is -0.474 e. The fraction of sp³-hybridized carbons (Fsp3) is 0.308. The van der Waals surface area contributed by atoms with E-state index in [-0.39, 0.29) is 5.69 Å². The summed E-state index contributed by atoms with van der Waals surface area (Å²) in [6.45, 7) is 1.73. The molecule has 1 aliphatic heterocycles. The summed E-state index contributed by atoms with van der Waals surface area (Å²) in [5.74, 6) is -2.72. The minimum atomic E-state index is -1.57. The van der Waals surface area contributed by atoms with Crippen LogP contribution in [-0.4, -0.2) is 30.1 Å². The van der Waals surface area contributed by atoms with E-state index >= 15 is 0 Å². The molecule has 0 atom stereocenters.